The second kappa shape index (κ2) is 10.8. The number of benzene rings is 2. The Bertz CT molecular complexity index is 1200. The van der Waals surface area contributed by atoms with Crippen molar-refractivity contribution in [2.24, 2.45) is 0 Å². The molecule has 2 aromatic carbocycles. The Morgan fingerprint density at radius 2 is 1.68 bits per heavy atom. The zero-order valence-corrected chi connectivity index (χ0v) is 19.5. The van der Waals surface area contributed by atoms with Crippen molar-refractivity contribution in [3.63, 3.8) is 0 Å². The maximum Gasteiger partial charge on any atom is 0.290 e. The summed E-state index contributed by atoms with van der Waals surface area (Å²) in [4.78, 5) is 29.7. The Hall–Kier alpha value is -3.98. The molecule has 0 spiro atoms. The molecule has 0 saturated carbocycles. The molecule has 0 radical (unpaired) electrons. The number of anilines is 1. The van der Waals surface area contributed by atoms with Gasteiger partial charge in [-0.1, -0.05) is 12.1 Å². The molecule has 1 fully saturated rings. The largest absolute Gasteiger partial charge is 0.497 e. The van der Waals surface area contributed by atoms with Crippen molar-refractivity contribution in [2.75, 3.05) is 32.2 Å². The molecule has 1 aliphatic rings. The van der Waals surface area contributed by atoms with Crippen LogP contribution >= 0.6 is 11.8 Å². The van der Waals surface area contributed by atoms with Crippen LogP contribution in [0.4, 0.5) is 10.6 Å². The fraction of sp³-hybridized carbons (Fsp3) is 0.160. The molecule has 1 aromatic heterocycles. The molecule has 8 nitrogen and oxygen atoms in total. The molecule has 2 amide bonds. The second-order valence-corrected chi connectivity index (χ2v) is 8.33. The number of nitrogens with one attached hydrogen (secondary N) is 1. The van der Waals surface area contributed by atoms with Crippen molar-refractivity contribution in [2.45, 2.75) is 0 Å². The number of carbonyl (C=O) groups excluding carboxylic acids is 2. The van der Waals surface area contributed by atoms with Gasteiger partial charge in [0.1, 0.15) is 35.4 Å². The van der Waals surface area contributed by atoms with Crippen LogP contribution in [0.1, 0.15) is 5.56 Å². The minimum atomic E-state index is -0.370. The van der Waals surface area contributed by atoms with Crippen molar-refractivity contribution in [1.82, 2.24) is 10.3 Å². The quantitative estimate of drug-likeness (QED) is 0.443. The molecule has 1 aliphatic heterocycles. The van der Waals surface area contributed by atoms with Gasteiger partial charge in [-0.25, -0.2) is 4.98 Å². The molecule has 0 atom stereocenters. The molecule has 4 rings (SSSR count). The molecule has 1 saturated heterocycles. The molecule has 2 heterocycles. The van der Waals surface area contributed by atoms with Crippen LogP contribution in [0.3, 0.4) is 0 Å². The highest BCUT2D eigenvalue weighted by Crippen LogP contribution is 2.27. The first-order valence-corrected chi connectivity index (χ1v) is 11.3. The summed E-state index contributed by atoms with van der Waals surface area (Å²) in [6.07, 6.45) is 3.38. The van der Waals surface area contributed by atoms with Crippen molar-refractivity contribution < 1.29 is 23.8 Å². The molecular weight excluding hydrogens is 454 g/mol. The fourth-order valence-corrected chi connectivity index (χ4v) is 3.78. The molecule has 174 valence electrons. The smallest absolute Gasteiger partial charge is 0.290 e. The van der Waals surface area contributed by atoms with Crippen LogP contribution in [0.25, 0.3) is 6.08 Å². The summed E-state index contributed by atoms with van der Waals surface area (Å²) in [5, 5.41) is 1.89. The topological polar surface area (TPSA) is 90.0 Å². The van der Waals surface area contributed by atoms with Gasteiger partial charge in [0.05, 0.1) is 18.6 Å². The third kappa shape index (κ3) is 6.08. The first kappa shape index (κ1) is 23.2. The van der Waals surface area contributed by atoms with Crippen LogP contribution in [0.5, 0.6) is 23.0 Å². The summed E-state index contributed by atoms with van der Waals surface area (Å²) in [5.74, 6) is 3.26. The van der Waals surface area contributed by atoms with E-state index in [9.17, 15) is 9.59 Å². The van der Waals surface area contributed by atoms with Gasteiger partial charge < -0.3 is 19.1 Å². The highest BCUT2D eigenvalue weighted by molar-refractivity contribution is 8.18. The fourth-order valence-electron chi connectivity index (χ4n) is 3.10. The summed E-state index contributed by atoms with van der Waals surface area (Å²) in [7, 11) is 3.56. The van der Waals surface area contributed by atoms with E-state index in [1.54, 1.807) is 25.4 Å². The second-order valence-electron chi connectivity index (χ2n) is 7.32. The Labute approximate surface area is 201 Å². The highest BCUT2D eigenvalue weighted by Gasteiger charge is 2.24. The number of rotatable bonds is 9. The van der Waals surface area contributed by atoms with Gasteiger partial charge in [-0.15, -0.1) is 0 Å². The van der Waals surface area contributed by atoms with E-state index in [1.807, 2.05) is 66.5 Å². The number of carbonyl (C=O) groups is 2. The summed E-state index contributed by atoms with van der Waals surface area (Å²) in [6, 6.07) is 18.4. The predicted molar refractivity (Wildman–Crippen MR) is 132 cm³/mol. The SMILES string of the molecule is COc1ccc(Oc2ccnc(N(C)CCOc3ccc(/C=C4\SC(=O)NC4=O)cc3)c2)cc1. The third-order valence-electron chi connectivity index (χ3n) is 4.92. The van der Waals surface area contributed by atoms with Crippen molar-refractivity contribution in [1.29, 1.82) is 0 Å². The summed E-state index contributed by atoms with van der Waals surface area (Å²) in [5.41, 5.74) is 0.815. The molecule has 1 N–H and O–H groups in total. The number of hydrogen-bond acceptors (Lipinski definition) is 8. The average Bonchev–Trinajstić information content (AvgIpc) is 3.17. The monoisotopic (exact) mass is 477 g/mol. The number of thioether (sulfide) groups is 1. The first-order chi connectivity index (χ1) is 16.5. The number of methoxy groups -OCH3 is 1. The third-order valence-corrected chi connectivity index (χ3v) is 5.73. The van der Waals surface area contributed by atoms with E-state index in [2.05, 4.69) is 10.3 Å². The normalized spacial score (nSPS) is 14.1. The van der Waals surface area contributed by atoms with E-state index in [4.69, 9.17) is 14.2 Å². The van der Waals surface area contributed by atoms with Crippen molar-refractivity contribution in [3.8, 4) is 23.0 Å². The summed E-state index contributed by atoms with van der Waals surface area (Å²) in [6.45, 7) is 1.07. The van der Waals surface area contributed by atoms with E-state index in [-0.39, 0.29) is 11.1 Å². The number of aromatic nitrogens is 1. The summed E-state index contributed by atoms with van der Waals surface area (Å²) < 4.78 is 16.9. The van der Waals surface area contributed by atoms with Gasteiger partial charge in [-0.3, -0.25) is 14.9 Å². The van der Waals surface area contributed by atoms with Crippen LogP contribution in [0.2, 0.25) is 0 Å². The maximum absolute atomic E-state index is 11.6. The number of pyridine rings is 1. The number of nitrogens with zero attached hydrogens (tertiary/aromatic N) is 2. The lowest BCUT2D eigenvalue weighted by molar-refractivity contribution is -0.115. The van der Waals surface area contributed by atoms with E-state index in [0.717, 1.165) is 28.9 Å². The van der Waals surface area contributed by atoms with Crippen LogP contribution in [0.15, 0.2) is 71.8 Å². The summed E-state index contributed by atoms with van der Waals surface area (Å²) >= 11 is 0.895. The Morgan fingerprint density at radius 3 is 2.35 bits per heavy atom. The molecule has 0 bridgehead atoms. The maximum atomic E-state index is 11.6. The molecular formula is C25H23N3O5S. The number of amides is 2. The van der Waals surface area contributed by atoms with Crippen molar-refractivity contribution in [3.05, 3.63) is 77.3 Å². The number of imide groups is 1. The number of ether oxygens (including phenoxy) is 3. The van der Waals surface area contributed by atoms with Crippen LogP contribution in [0, 0.1) is 0 Å². The lowest BCUT2D eigenvalue weighted by Crippen LogP contribution is -2.24. The van der Waals surface area contributed by atoms with Crippen LogP contribution < -0.4 is 24.4 Å². The Kier molecular flexibility index (Phi) is 7.34. The van der Waals surface area contributed by atoms with Crippen LogP contribution in [-0.4, -0.2) is 43.4 Å². The predicted octanol–water partition coefficient (Wildman–Crippen LogP) is 4.72. The molecule has 34 heavy (non-hydrogen) atoms. The molecule has 3 aromatic rings. The van der Waals surface area contributed by atoms with Gasteiger partial charge >= 0.3 is 0 Å². The minimum Gasteiger partial charge on any atom is -0.497 e. The van der Waals surface area contributed by atoms with Gasteiger partial charge in [0.2, 0.25) is 0 Å². The van der Waals surface area contributed by atoms with Gasteiger partial charge in [-0.2, -0.15) is 0 Å². The zero-order valence-electron chi connectivity index (χ0n) is 18.7. The van der Waals surface area contributed by atoms with E-state index in [1.165, 1.54) is 0 Å². The van der Waals surface area contributed by atoms with Gasteiger partial charge in [0.25, 0.3) is 11.1 Å². The van der Waals surface area contributed by atoms with Gasteiger partial charge in [0, 0.05) is 19.3 Å². The van der Waals surface area contributed by atoms with E-state index >= 15 is 0 Å². The van der Waals surface area contributed by atoms with Crippen molar-refractivity contribution >= 4 is 34.8 Å². The lowest BCUT2D eigenvalue weighted by Gasteiger charge is -2.19. The Morgan fingerprint density at radius 1 is 0.971 bits per heavy atom. The minimum absolute atomic E-state index is 0.354. The molecule has 0 unspecified atom stereocenters. The number of likely N-dealkylation sites (N-methyl/N-ethyl adjacent to an activating group) is 1. The standard InChI is InChI=1S/C25H23N3O5S/c1-28(23-16-21(11-12-26-23)33-20-9-7-18(31-2)8-10-20)13-14-32-19-5-3-17(4-6-19)15-22-24(29)27-25(30)34-22/h3-12,15-16H,13-14H2,1-2H3,(H,27,29,30)/b22-15-. The molecule has 0 aliphatic carbocycles. The first-order valence-electron chi connectivity index (χ1n) is 10.5. The average molecular weight is 478 g/mol. The zero-order chi connectivity index (χ0) is 23.9. The van der Waals surface area contributed by atoms with E-state index < -0.39 is 0 Å². The molecule has 9 heteroatoms. The number of hydrogen-bond donors (Lipinski definition) is 1. The Balaban J connectivity index is 1.28. The lowest BCUT2D eigenvalue weighted by atomic mass is 10.2. The van der Waals surface area contributed by atoms with Gasteiger partial charge in [-0.05, 0) is 65.9 Å². The van der Waals surface area contributed by atoms with Crippen LogP contribution in [-0.2, 0) is 4.79 Å². The van der Waals surface area contributed by atoms with E-state index in [0.29, 0.717) is 35.3 Å². The highest BCUT2D eigenvalue weighted by atomic mass is 32.2. The van der Waals surface area contributed by atoms with Gasteiger partial charge in [0.15, 0.2) is 0 Å².